The van der Waals surface area contributed by atoms with E-state index in [1.807, 2.05) is 0 Å². The number of thiophene rings is 1. The van der Waals surface area contributed by atoms with E-state index in [9.17, 15) is 37.1 Å². The highest BCUT2D eigenvalue weighted by molar-refractivity contribution is 7.92. The molecule has 0 unspecified atom stereocenters. The Labute approximate surface area is 174 Å². The number of hydrogen-bond acceptors (Lipinski definition) is 8. The van der Waals surface area contributed by atoms with Gasteiger partial charge in [-0.15, -0.1) is 11.3 Å². The summed E-state index contributed by atoms with van der Waals surface area (Å²) >= 11 is 1.18. The SMILES string of the molecule is CS(=O)(=O)Nc1cccc(-c2nc(NC(P(=O)(O)O)P(=O)(O)O)c3ccsc3n2)c1. The van der Waals surface area contributed by atoms with Crippen molar-refractivity contribution < 1.29 is 37.1 Å². The first-order valence-electron chi connectivity index (χ1n) is 7.94. The molecule has 12 nitrogen and oxygen atoms in total. The van der Waals surface area contributed by atoms with E-state index in [1.165, 1.54) is 29.5 Å². The summed E-state index contributed by atoms with van der Waals surface area (Å²) in [5.41, 5.74) is -1.89. The zero-order chi connectivity index (χ0) is 22.3. The molecule has 0 spiro atoms. The summed E-state index contributed by atoms with van der Waals surface area (Å²) < 4.78 is 48.5. The number of benzene rings is 1. The zero-order valence-corrected chi connectivity index (χ0v) is 18.5. The van der Waals surface area contributed by atoms with E-state index in [4.69, 9.17) is 0 Å². The molecule has 0 aliphatic heterocycles. The van der Waals surface area contributed by atoms with E-state index in [2.05, 4.69) is 20.0 Å². The monoisotopic (exact) mass is 494 g/mol. The van der Waals surface area contributed by atoms with E-state index < -0.39 is 30.7 Å². The first-order valence-corrected chi connectivity index (χ1v) is 14.1. The van der Waals surface area contributed by atoms with Crippen molar-refractivity contribution in [2.24, 2.45) is 0 Å². The van der Waals surface area contributed by atoms with Crippen LogP contribution < -0.4 is 10.0 Å². The maximum Gasteiger partial charge on any atom is 0.360 e. The summed E-state index contributed by atoms with van der Waals surface area (Å²) in [4.78, 5) is 46.4. The molecule has 0 aliphatic rings. The van der Waals surface area contributed by atoms with Crippen molar-refractivity contribution >= 4 is 58.3 Å². The number of rotatable bonds is 7. The van der Waals surface area contributed by atoms with Crippen LogP contribution in [0.25, 0.3) is 21.6 Å². The van der Waals surface area contributed by atoms with Crippen LogP contribution in [-0.4, -0.2) is 49.7 Å². The van der Waals surface area contributed by atoms with Gasteiger partial charge in [-0.3, -0.25) is 13.9 Å². The summed E-state index contributed by atoms with van der Waals surface area (Å²) in [6, 6.07) is 7.61. The van der Waals surface area contributed by atoms with Crippen LogP contribution in [0.4, 0.5) is 11.5 Å². The van der Waals surface area contributed by atoms with Gasteiger partial charge < -0.3 is 24.9 Å². The molecule has 16 heteroatoms. The molecule has 3 rings (SSSR count). The third kappa shape index (κ3) is 5.42. The molecule has 6 N–H and O–H groups in total. The quantitative estimate of drug-likeness (QED) is 0.262. The lowest BCUT2D eigenvalue weighted by molar-refractivity contribution is 0.343. The maximum atomic E-state index is 11.6. The second kappa shape index (κ2) is 7.98. The minimum atomic E-state index is -5.25. The average molecular weight is 494 g/mol. The molecular weight excluding hydrogens is 478 g/mol. The van der Waals surface area contributed by atoms with Crippen molar-refractivity contribution in [3.63, 3.8) is 0 Å². The van der Waals surface area contributed by atoms with Crippen molar-refractivity contribution in [2.45, 2.75) is 5.52 Å². The summed E-state index contributed by atoms with van der Waals surface area (Å²) in [7, 11) is -14.0. The van der Waals surface area contributed by atoms with Crippen LogP contribution in [0.15, 0.2) is 35.7 Å². The molecule has 2 heterocycles. The Balaban J connectivity index is 2.11. The Hall–Kier alpha value is -1.89. The standard InChI is InChI=1S/C14H16N4O8P2S2/c1-30(25,26)18-9-4-2-3-8(7-9)11-15-12(10-5-6-29-13(10)16-11)17-14(27(19,20)21)28(22,23)24/h2-7,14,18H,1H3,(H,15,16,17)(H2,19,20,21)(H2,22,23,24). The van der Waals surface area contributed by atoms with Gasteiger partial charge in [-0.2, -0.15) is 0 Å². The lowest BCUT2D eigenvalue weighted by Gasteiger charge is -2.21. The molecule has 0 amide bonds. The maximum absolute atomic E-state index is 11.6. The number of fused-ring (bicyclic) bond motifs is 1. The molecule has 0 atom stereocenters. The predicted molar refractivity (Wildman–Crippen MR) is 113 cm³/mol. The summed E-state index contributed by atoms with van der Waals surface area (Å²) in [6.07, 6.45) is 0.986. The second-order valence-electron chi connectivity index (χ2n) is 6.19. The topological polar surface area (TPSA) is 199 Å². The van der Waals surface area contributed by atoms with E-state index in [0.717, 1.165) is 6.26 Å². The van der Waals surface area contributed by atoms with Crippen molar-refractivity contribution in [2.75, 3.05) is 16.3 Å². The van der Waals surface area contributed by atoms with Gasteiger partial charge in [0.25, 0.3) is 0 Å². The first-order chi connectivity index (χ1) is 13.7. The number of nitrogens with one attached hydrogen (secondary N) is 2. The lowest BCUT2D eigenvalue weighted by atomic mass is 10.2. The van der Waals surface area contributed by atoms with Crippen LogP contribution >= 0.6 is 26.5 Å². The van der Waals surface area contributed by atoms with Crippen LogP contribution in [-0.2, 0) is 19.2 Å². The van der Waals surface area contributed by atoms with Gasteiger partial charge in [-0.1, -0.05) is 12.1 Å². The highest BCUT2D eigenvalue weighted by Gasteiger charge is 2.44. The molecule has 162 valence electrons. The average Bonchev–Trinajstić information content (AvgIpc) is 3.04. The molecule has 0 fully saturated rings. The van der Waals surface area contributed by atoms with E-state index in [1.54, 1.807) is 17.5 Å². The Morgan fingerprint density at radius 2 is 1.73 bits per heavy atom. The molecule has 0 saturated heterocycles. The van der Waals surface area contributed by atoms with E-state index in [-0.39, 0.29) is 17.3 Å². The van der Waals surface area contributed by atoms with Crippen molar-refractivity contribution in [3.05, 3.63) is 35.7 Å². The molecule has 1 aromatic carbocycles. The lowest BCUT2D eigenvalue weighted by Crippen LogP contribution is -2.21. The van der Waals surface area contributed by atoms with Crippen LogP contribution in [0.2, 0.25) is 0 Å². The summed E-state index contributed by atoms with van der Waals surface area (Å²) in [5, 5.41) is 4.10. The third-order valence-corrected chi connectivity index (χ3v) is 8.40. The zero-order valence-electron chi connectivity index (χ0n) is 15.1. The van der Waals surface area contributed by atoms with Crippen molar-refractivity contribution in [3.8, 4) is 11.4 Å². The minimum Gasteiger partial charge on any atom is -0.346 e. The molecule has 0 aliphatic carbocycles. The van der Waals surface area contributed by atoms with Crippen LogP contribution in [0.1, 0.15) is 0 Å². The number of sulfonamides is 1. The van der Waals surface area contributed by atoms with Crippen LogP contribution in [0.5, 0.6) is 0 Å². The van der Waals surface area contributed by atoms with Gasteiger partial charge >= 0.3 is 15.2 Å². The fourth-order valence-corrected chi connectivity index (χ4v) is 5.98. The summed E-state index contributed by atoms with van der Waals surface area (Å²) in [6.45, 7) is 0. The second-order valence-corrected chi connectivity index (χ2v) is 12.6. The number of aromatic nitrogens is 2. The largest absolute Gasteiger partial charge is 0.360 e. The smallest absolute Gasteiger partial charge is 0.346 e. The molecule has 3 aromatic rings. The van der Waals surface area contributed by atoms with Gasteiger partial charge in [0.15, 0.2) is 5.82 Å². The normalized spacial score (nSPS) is 13.0. The van der Waals surface area contributed by atoms with Gasteiger partial charge in [-0.25, -0.2) is 18.4 Å². The molecule has 0 radical (unpaired) electrons. The van der Waals surface area contributed by atoms with Crippen LogP contribution in [0, 0.1) is 0 Å². The Morgan fingerprint density at radius 1 is 1.07 bits per heavy atom. The van der Waals surface area contributed by atoms with Crippen molar-refractivity contribution in [1.29, 1.82) is 0 Å². The minimum absolute atomic E-state index is 0.0553. The fraction of sp³-hybridized carbons (Fsp3) is 0.143. The van der Waals surface area contributed by atoms with Gasteiger partial charge in [0.1, 0.15) is 10.6 Å². The summed E-state index contributed by atoms with van der Waals surface area (Å²) in [5.74, 6) is -0.130. The molecule has 0 saturated carbocycles. The number of nitrogens with zero attached hydrogens (tertiary/aromatic N) is 2. The van der Waals surface area contributed by atoms with Crippen LogP contribution in [0.3, 0.4) is 0 Å². The molecule has 2 aromatic heterocycles. The van der Waals surface area contributed by atoms with Gasteiger partial charge in [0.05, 0.1) is 11.6 Å². The Bertz CT molecular complexity index is 1280. The fourth-order valence-electron chi connectivity index (χ4n) is 2.52. The van der Waals surface area contributed by atoms with E-state index in [0.29, 0.717) is 15.8 Å². The number of anilines is 2. The molecular formula is C14H16N4O8P2S2. The Kier molecular flexibility index (Phi) is 6.07. The molecule has 0 bridgehead atoms. The van der Waals surface area contributed by atoms with Gasteiger partial charge in [-0.05, 0) is 23.6 Å². The van der Waals surface area contributed by atoms with E-state index >= 15 is 0 Å². The highest BCUT2D eigenvalue weighted by Crippen LogP contribution is 2.59. The third-order valence-electron chi connectivity index (χ3n) is 3.65. The van der Waals surface area contributed by atoms with Gasteiger partial charge in [0.2, 0.25) is 15.5 Å². The number of hydrogen-bond donors (Lipinski definition) is 6. The highest BCUT2D eigenvalue weighted by atomic mass is 32.2. The molecule has 30 heavy (non-hydrogen) atoms. The first kappa shape index (κ1) is 22.8. The Morgan fingerprint density at radius 3 is 2.33 bits per heavy atom. The predicted octanol–water partition coefficient (Wildman–Crippen LogP) is 1.78. The van der Waals surface area contributed by atoms with Gasteiger partial charge in [0, 0.05) is 11.3 Å². The van der Waals surface area contributed by atoms with Crippen molar-refractivity contribution in [1.82, 2.24) is 9.97 Å².